The van der Waals surface area contributed by atoms with E-state index in [2.05, 4.69) is 12.1 Å². The summed E-state index contributed by atoms with van der Waals surface area (Å²) >= 11 is 0. The van der Waals surface area contributed by atoms with E-state index in [0.717, 1.165) is 11.3 Å². The van der Waals surface area contributed by atoms with Crippen LogP contribution in [0.2, 0.25) is 0 Å². The molecule has 2 heterocycles. The molecule has 0 bridgehead atoms. The highest BCUT2D eigenvalue weighted by atomic mass is 16.5. The van der Waals surface area contributed by atoms with Crippen molar-refractivity contribution in [2.24, 2.45) is 5.41 Å². The number of hydrogen-bond acceptors (Lipinski definition) is 6. The molecule has 3 atom stereocenters. The summed E-state index contributed by atoms with van der Waals surface area (Å²) in [7, 11) is 0. The molecule has 1 fully saturated rings. The maximum atomic E-state index is 12.9. The van der Waals surface area contributed by atoms with E-state index >= 15 is 0 Å². The van der Waals surface area contributed by atoms with Gasteiger partial charge in [0.2, 0.25) is 0 Å². The lowest BCUT2D eigenvalue weighted by molar-refractivity contribution is -0.131. The van der Waals surface area contributed by atoms with Gasteiger partial charge in [-0.25, -0.2) is 0 Å². The predicted octanol–water partition coefficient (Wildman–Crippen LogP) is 3.60. The van der Waals surface area contributed by atoms with Crippen molar-refractivity contribution in [1.29, 1.82) is 10.5 Å². The molecule has 2 aliphatic heterocycles. The van der Waals surface area contributed by atoms with E-state index in [9.17, 15) is 20.1 Å². The molecule has 0 aliphatic carbocycles. The Morgan fingerprint density at radius 2 is 1.70 bits per heavy atom. The second-order valence-electron chi connectivity index (χ2n) is 7.56. The van der Waals surface area contributed by atoms with Crippen molar-refractivity contribution in [1.82, 2.24) is 0 Å². The Bertz CT molecular complexity index is 1120. The minimum atomic E-state index is -1.46. The van der Waals surface area contributed by atoms with Crippen molar-refractivity contribution in [2.45, 2.75) is 31.8 Å². The van der Waals surface area contributed by atoms with Crippen LogP contribution in [-0.2, 0) is 9.59 Å². The molecule has 0 N–H and O–H groups in total. The highest BCUT2D eigenvalue weighted by molar-refractivity contribution is 5.91. The van der Waals surface area contributed by atoms with E-state index in [1.807, 2.05) is 41.3 Å². The fourth-order valence-corrected chi connectivity index (χ4v) is 4.67. The first-order chi connectivity index (χ1) is 14.4. The summed E-state index contributed by atoms with van der Waals surface area (Å²) in [6.07, 6.45) is 3.75. The zero-order valence-electron chi connectivity index (χ0n) is 16.6. The number of anilines is 1. The van der Waals surface area contributed by atoms with E-state index in [1.165, 1.54) is 13.8 Å². The second-order valence-corrected chi connectivity index (χ2v) is 7.56. The molecule has 148 valence electrons. The fourth-order valence-electron chi connectivity index (χ4n) is 4.67. The zero-order chi connectivity index (χ0) is 21.5. The number of benzene rings is 2. The lowest BCUT2D eigenvalue weighted by atomic mass is 9.69. The van der Waals surface area contributed by atoms with Crippen LogP contribution in [0.3, 0.4) is 0 Å². The third kappa shape index (κ3) is 2.77. The van der Waals surface area contributed by atoms with Crippen LogP contribution in [0.1, 0.15) is 30.9 Å². The molecule has 2 aromatic rings. The van der Waals surface area contributed by atoms with Gasteiger partial charge in [0.05, 0.1) is 24.2 Å². The van der Waals surface area contributed by atoms with E-state index < -0.39 is 29.4 Å². The number of nitrogens with zero attached hydrogens (tertiary/aromatic N) is 3. The number of ketones is 1. The molecule has 0 amide bonds. The van der Waals surface area contributed by atoms with Gasteiger partial charge in [-0.15, -0.1) is 0 Å². The highest BCUT2D eigenvalue weighted by Gasteiger charge is 2.62. The van der Waals surface area contributed by atoms with Gasteiger partial charge in [-0.2, -0.15) is 10.5 Å². The Morgan fingerprint density at radius 3 is 2.30 bits per heavy atom. The van der Waals surface area contributed by atoms with Crippen molar-refractivity contribution in [2.75, 3.05) is 4.90 Å². The van der Waals surface area contributed by atoms with Crippen LogP contribution in [0.4, 0.5) is 5.69 Å². The smallest absolute Gasteiger partial charge is 0.308 e. The normalized spacial score (nSPS) is 22.9. The summed E-state index contributed by atoms with van der Waals surface area (Å²) in [6, 6.07) is 17.6. The molecule has 2 aromatic carbocycles. The maximum Gasteiger partial charge on any atom is 0.308 e. The maximum absolute atomic E-state index is 12.9. The van der Waals surface area contributed by atoms with Crippen molar-refractivity contribution in [3.8, 4) is 17.9 Å². The number of rotatable bonds is 3. The number of ether oxygens (including phenoxy) is 1. The largest absolute Gasteiger partial charge is 0.427 e. The molecule has 0 radical (unpaired) electrons. The minimum Gasteiger partial charge on any atom is -0.427 e. The SMILES string of the molecule is CC(=O)Oc1ccc([C@@H]2[C@@H](C(C)=O)N3c4ccccc4C=C[C@H]3C2(C#N)C#N)cc1. The Labute approximate surface area is 174 Å². The number of hydrogen-bond donors (Lipinski definition) is 0. The molecular weight excluding hydrogens is 378 g/mol. The summed E-state index contributed by atoms with van der Waals surface area (Å²) in [4.78, 5) is 26.0. The van der Waals surface area contributed by atoms with Crippen LogP contribution in [0.25, 0.3) is 6.08 Å². The number of carbonyl (C=O) groups is 2. The van der Waals surface area contributed by atoms with Gasteiger partial charge in [0.25, 0.3) is 0 Å². The summed E-state index contributed by atoms with van der Waals surface area (Å²) in [5.74, 6) is -0.859. The molecule has 0 aromatic heterocycles. The third-order valence-electron chi connectivity index (χ3n) is 5.83. The molecule has 0 spiro atoms. The van der Waals surface area contributed by atoms with Crippen LogP contribution in [0.15, 0.2) is 54.6 Å². The number of para-hydroxylation sites is 1. The average molecular weight is 397 g/mol. The Morgan fingerprint density at radius 1 is 1.03 bits per heavy atom. The minimum absolute atomic E-state index is 0.119. The standard InChI is InChI=1S/C24H19N3O3/c1-15(28)23-22(18-7-10-19(11-8-18)30-16(2)29)24(13-25,14-26)21-12-9-17-5-3-4-6-20(17)27(21)23/h3-12,21-23H,1-2H3/t21-,22+,23+/m0/s1. The lowest BCUT2D eigenvalue weighted by Crippen LogP contribution is -2.43. The lowest BCUT2D eigenvalue weighted by Gasteiger charge is -2.35. The van der Waals surface area contributed by atoms with Crippen LogP contribution in [-0.4, -0.2) is 23.8 Å². The average Bonchev–Trinajstić information content (AvgIpc) is 3.05. The summed E-state index contributed by atoms with van der Waals surface area (Å²) in [6.45, 7) is 2.81. The topological polar surface area (TPSA) is 94.2 Å². The van der Waals surface area contributed by atoms with Gasteiger partial charge < -0.3 is 9.64 Å². The van der Waals surface area contributed by atoms with Crippen molar-refractivity contribution < 1.29 is 14.3 Å². The molecule has 4 rings (SSSR count). The Kier molecular flexibility index (Phi) is 4.64. The van der Waals surface area contributed by atoms with Gasteiger partial charge >= 0.3 is 5.97 Å². The van der Waals surface area contributed by atoms with Gasteiger partial charge in [0, 0.05) is 18.5 Å². The Balaban J connectivity index is 1.90. The van der Waals surface area contributed by atoms with Gasteiger partial charge in [-0.05, 0) is 36.2 Å². The number of esters is 1. The molecule has 30 heavy (non-hydrogen) atoms. The van der Waals surface area contributed by atoms with Crippen molar-refractivity contribution >= 4 is 23.5 Å². The quantitative estimate of drug-likeness (QED) is 0.580. The van der Waals surface area contributed by atoms with Gasteiger partial charge in [0.1, 0.15) is 5.75 Å². The predicted molar refractivity (Wildman–Crippen MR) is 110 cm³/mol. The molecule has 1 saturated heterocycles. The monoisotopic (exact) mass is 397 g/mol. The first-order valence-corrected chi connectivity index (χ1v) is 9.60. The van der Waals surface area contributed by atoms with Crippen LogP contribution < -0.4 is 9.64 Å². The summed E-state index contributed by atoms with van der Waals surface area (Å²) in [5.41, 5.74) is 0.993. The summed E-state index contributed by atoms with van der Waals surface area (Å²) < 4.78 is 5.09. The third-order valence-corrected chi connectivity index (χ3v) is 5.83. The Hall–Kier alpha value is -3.90. The van der Waals surface area contributed by atoms with Gasteiger partial charge in [-0.3, -0.25) is 9.59 Å². The zero-order valence-corrected chi connectivity index (χ0v) is 16.6. The molecular formula is C24H19N3O3. The molecule has 6 nitrogen and oxygen atoms in total. The number of Topliss-reactive ketones (excluding diaryl/α,β-unsaturated/α-hetero) is 1. The molecule has 0 unspecified atom stereocenters. The number of carbonyl (C=O) groups excluding carboxylic acids is 2. The highest BCUT2D eigenvalue weighted by Crippen LogP contribution is 2.55. The first kappa shape index (κ1) is 19.4. The van der Waals surface area contributed by atoms with Crippen LogP contribution >= 0.6 is 0 Å². The summed E-state index contributed by atoms with van der Waals surface area (Å²) in [5, 5.41) is 20.4. The molecule has 6 heteroatoms. The van der Waals surface area contributed by atoms with Crippen molar-refractivity contribution in [3.63, 3.8) is 0 Å². The van der Waals surface area contributed by atoms with Gasteiger partial charge in [0.15, 0.2) is 11.2 Å². The van der Waals surface area contributed by atoms with Gasteiger partial charge in [-0.1, -0.05) is 42.5 Å². The van der Waals surface area contributed by atoms with E-state index in [1.54, 1.807) is 24.3 Å². The fraction of sp³-hybridized carbons (Fsp3) is 0.250. The van der Waals surface area contributed by atoms with Crippen molar-refractivity contribution in [3.05, 3.63) is 65.7 Å². The van der Waals surface area contributed by atoms with Crippen LogP contribution in [0.5, 0.6) is 5.75 Å². The van der Waals surface area contributed by atoms with E-state index in [0.29, 0.717) is 11.3 Å². The second kappa shape index (κ2) is 7.17. The van der Waals surface area contributed by atoms with Crippen LogP contribution in [0, 0.1) is 28.1 Å². The number of fused-ring (bicyclic) bond motifs is 3. The van der Waals surface area contributed by atoms with E-state index in [4.69, 9.17) is 4.74 Å². The molecule has 0 saturated carbocycles. The number of nitriles is 2. The van der Waals surface area contributed by atoms with E-state index in [-0.39, 0.29) is 5.78 Å². The first-order valence-electron chi connectivity index (χ1n) is 9.60. The molecule has 2 aliphatic rings.